The minimum Gasteiger partial charge on any atom is -0.469 e. The Balaban J connectivity index is 1.68. The number of nitrogens with zero attached hydrogens (tertiary/aromatic N) is 1. The fourth-order valence-corrected chi connectivity index (χ4v) is 5.06. The van der Waals surface area contributed by atoms with Crippen molar-refractivity contribution in [2.75, 3.05) is 14.2 Å². The molecule has 2 saturated heterocycles. The van der Waals surface area contributed by atoms with E-state index >= 15 is 0 Å². The summed E-state index contributed by atoms with van der Waals surface area (Å²) in [5.74, 6) is -0.496. The Kier molecular flexibility index (Phi) is 6.16. The summed E-state index contributed by atoms with van der Waals surface area (Å²) in [5.41, 5.74) is 1.98. The Bertz CT molecular complexity index is 810. The molecule has 0 aromatic heterocycles. The van der Waals surface area contributed by atoms with Crippen LogP contribution in [0.3, 0.4) is 0 Å². The van der Waals surface area contributed by atoms with Gasteiger partial charge < -0.3 is 9.47 Å². The highest BCUT2D eigenvalue weighted by Crippen LogP contribution is 2.42. The first kappa shape index (κ1) is 20.7. The number of esters is 1. The number of piperidine rings is 1. The lowest BCUT2D eigenvalue weighted by molar-refractivity contribution is -0.162. The van der Waals surface area contributed by atoms with Crippen LogP contribution in [0, 0.1) is 5.92 Å². The summed E-state index contributed by atoms with van der Waals surface area (Å²) in [4.78, 5) is 15.0. The molecule has 2 aromatic carbocycles. The molecule has 6 heteroatoms. The topological polar surface area (TPSA) is 38.8 Å². The fraction of sp³-hybridized carbons (Fsp3) is 0.435. The van der Waals surface area contributed by atoms with E-state index in [1.807, 2.05) is 48.5 Å². The Morgan fingerprint density at radius 1 is 1.00 bits per heavy atom. The maximum Gasteiger partial charge on any atom is 0.312 e. The molecule has 154 valence electrons. The zero-order valence-electron chi connectivity index (χ0n) is 16.6. The Labute approximate surface area is 181 Å². The van der Waals surface area contributed by atoms with Crippen LogP contribution in [-0.4, -0.2) is 43.2 Å². The molecular formula is C23H25Cl2NO3. The summed E-state index contributed by atoms with van der Waals surface area (Å²) < 4.78 is 11.9. The zero-order valence-corrected chi connectivity index (χ0v) is 18.1. The zero-order chi connectivity index (χ0) is 20.5. The SMILES string of the molecule is COC(=O)[C@@H]1[C@H]2CC[C@@H](C[C@H]1OC(c1ccc(Cl)cc1)c1ccc(Cl)cc1)N2C. The third-order valence-corrected chi connectivity index (χ3v) is 6.85. The van der Waals surface area contributed by atoms with Gasteiger partial charge in [0.2, 0.25) is 0 Å². The smallest absolute Gasteiger partial charge is 0.312 e. The third-order valence-electron chi connectivity index (χ3n) is 6.34. The number of fused-ring (bicyclic) bond motifs is 2. The minimum atomic E-state index is -0.315. The van der Waals surface area contributed by atoms with Gasteiger partial charge in [-0.2, -0.15) is 0 Å². The van der Waals surface area contributed by atoms with Crippen molar-refractivity contribution in [1.29, 1.82) is 0 Å². The lowest BCUT2D eigenvalue weighted by Gasteiger charge is -2.42. The van der Waals surface area contributed by atoms with Crippen molar-refractivity contribution in [2.24, 2.45) is 5.92 Å². The first-order valence-corrected chi connectivity index (χ1v) is 10.7. The van der Waals surface area contributed by atoms with Crippen molar-refractivity contribution in [3.63, 3.8) is 0 Å². The third kappa shape index (κ3) is 4.17. The first-order valence-electron chi connectivity index (χ1n) is 9.94. The fourth-order valence-electron chi connectivity index (χ4n) is 4.81. The average Bonchev–Trinajstić information content (AvgIpc) is 2.96. The molecule has 0 amide bonds. The molecule has 0 unspecified atom stereocenters. The minimum absolute atomic E-state index is 0.155. The molecule has 2 bridgehead atoms. The van der Waals surface area contributed by atoms with Crippen molar-refractivity contribution >= 4 is 29.2 Å². The van der Waals surface area contributed by atoms with Crippen LogP contribution in [0.15, 0.2) is 48.5 Å². The summed E-state index contributed by atoms with van der Waals surface area (Å²) in [7, 11) is 3.56. The van der Waals surface area contributed by atoms with Crippen LogP contribution in [0.4, 0.5) is 0 Å². The van der Waals surface area contributed by atoms with Crippen LogP contribution in [0.5, 0.6) is 0 Å². The lowest BCUT2D eigenvalue weighted by Crippen LogP contribution is -2.53. The second-order valence-electron chi connectivity index (χ2n) is 7.91. The first-order chi connectivity index (χ1) is 14.0. The molecule has 0 N–H and O–H groups in total. The molecule has 0 radical (unpaired) electrons. The highest BCUT2D eigenvalue weighted by molar-refractivity contribution is 6.30. The van der Waals surface area contributed by atoms with E-state index in [1.54, 1.807) is 0 Å². The quantitative estimate of drug-likeness (QED) is 0.613. The maximum atomic E-state index is 12.7. The Morgan fingerprint density at radius 2 is 1.55 bits per heavy atom. The van der Waals surface area contributed by atoms with E-state index in [-0.39, 0.29) is 30.1 Å². The number of hydrogen-bond donors (Lipinski definition) is 0. The molecule has 4 nitrogen and oxygen atoms in total. The number of carbonyl (C=O) groups excluding carboxylic acids is 1. The van der Waals surface area contributed by atoms with Gasteiger partial charge in [0.05, 0.1) is 19.1 Å². The largest absolute Gasteiger partial charge is 0.469 e. The summed E-state index contributed by atoms with van der Waals surface area (Å²) in [6, 6.07) is 15.9. The van der Waals surface area contributed by atoms with Gasteiger partial charge in [0.1, 0.15) is 6.10 Å². The van der Waals surface area contributed by atoms with Gasteiger partial charge in [-0.05, 0) is 61.7 Å². The predicted molar refractivity (Wildman–Crippen MR) is 114 cm³/mol. The van der Waals surface area contributed by atoms with Gasteiger partial charge in [0, 0.05) is 22.1 Å². The normalized spacial score (nSPS) is 26.7. The molecule has 29 heavy (non-hydrogen) atoms. The van der Waals surface area contributed by atoms with Gasteiger partial charge in [-0.3, -0.25) is 9.69 Å². The summed E-state index contributed by atoms with van der Waals surface area (Å²) in [6.45, 7) is 0. The number of rotatable bonds is 5. The highest BCUT2D eigenvalue weighted by Gasteiger charge is 2.50. The van der Waals surface area contributed by atoms with Crippen LogP contribution < -0.4 is 0 Å². The van der Waals surface area contributed by atoms with E-state index in [0.717, 1.165) is 30.4 Å². The van der Waals surface area contributed by atoms with Crippen LogP contribution >= 0.6 is 23.2 Å². The van der Waals surface area contributed by atoms with E-state index < -0.39 is 0 Å². The van der Waals surface area contributed by atoms with Crippen molar-refractivity contribution < 1.29 is 14.3 Å². The van der Waals surface area contributed by atoms with Gasteiger partial charge in [-0.25, -0.2) is 0 Å². The van der Waals surface area contributed by atoms with E-state index in [4.69, 9.17) is 32.7 Å². The van der Waals surface area contributed by atoms with E-state index in [0.29, 0.717) is 16.1 Å². The van der Waals surface area contributed by atoms with Crippen LogP contribution in [0.25, 0.3) is 0 Å². The van der Waals surface area contributed by atoms with Gasteiger partial charge in [0.25, 0.3) is 0 Å². The maximum absolute atomic E-state index is 12.7. The van der Waals surface area contributed by atoms with Crippen LogP contribution in [-0.2, 0) is 14.3 Å². The molecule has 2 fully saturated rings. The summed E-state index contributed by atoms with van der Waals surface area (Å²) >= 11 is 12.2. The Hall–Kier alpha value is -1.59. The molecule has 4 atom stereocenters. The second kappa shape index (κ2) is 8.65. The monoisotopic (exact) mass is 433 g/mol. The number of halogens is 2. The molecule has 0 saturated carbocycles. The summed E-state index contributed by atoms with van der Waals surface area (Å²) in [5, 5.41) is 1.35. The molecule has 2 aliphatic rings. The average molecular weight is 434 g/mol. The molecule has 4 rings (SSSR count). The van der Waals surface area contributed by atoms with Crippen LogP contribution in [0.2, 0.25) is 10.0 Å². The van der Waals surface area contributed by atoms with Crippen LogP contribution in [0.1, 0.15) is 36.5 Å². The van der Waals surface area contributed by atoms with Crippen molar-refractivity contribution in [3.8, 4) is 0 Å². The van der Waals surface area contributed by atoms with Crippen molar-refractivity contribution in [3.05, 3.63) is 69.7 Å². The van der Waals surface area contributed by atoms with Crippen molar-refractivity contribution in [2.45, 2.75) is 43.6 Å². The number of hydrogen-bond acceptors (Lipinski definition) is 4. The number of benzene rings is 2. The van der Waals surface area contributed by atoms with Gasteiger partial charge >= 0.3 is 5.97 Å². The highest BCUT2D eigenvalue weighted by atomic mass is 35.5. The molecule has 2 aliphatic heterocycles. The van der Waals surface area contributed by atoms with E-state index in [9.17, 15) is 4.79 Å². The van der Waals surface area contributed by atoms with E-state index in [2.05, 4.69) is 11.9 Å². The molecular weight excluding hydrogens is 409 g/mol. The van der Waals surface area contributed by atoms with Gasteiger partial charge in [-0.1, -0.05) is 47.5 Å². The van der Waals surface area contributed by atoms with Gasteiger partial charge in [0.15, 0.2) is 0 Å². The van der Waals surface area contributed by atoms with Crippen molar-refractivity contribution in [1.82, 2.24) is 4.90 Å². The number of methoxy groups -OCH3 is 1. The number of ether oxygens (including phenoxy) is 2. The predicted octanol–water partition coefficient (Wildman–Crippen LogP) is 5.12. The molecule has 0 aliphatic carbocycles. The summed E-state index contributed by atoms with van der Waals surface area (Å²) in [6.07, 6.45) is 2.36. The Morgan fingerprint density at radius 3 is 2.07 bits per heavy atom. The lowest BCUT2D eigenvalue weighted by atomic mass is 9.87. The molecule has 0 spiro atoms. The standard InChI is InChI=1S/C23H25Cl2NO3/c1-26-18-11-12-19(26)21(23(27)28-2)20(13-18)29-22(14-3-7-16(24)8-4-14)15-5-9-17(25)10-6-15/h3-10,18-22H,11-13H2,1-2H3/t18-,19+,20+,21+/m0/s1. The molecule has 2 heterocycles. The number of carbonyl (C=O) groups is 1. The van der Waals surface area contributed by atoms with E-state index in [1.165, 1.54) is 7.11 Å². The van der Waals surface area contributed by atoms with Gasteiger partial charge in [-0.15, -0.1) is 0 Å². The second-order valence-corrected chi connectivity index (χ2v) is 8.78. The molecule has 2 aromatic rings.